The lowest BCUT2D eigenvalue weighted by atomic mass is 9.94. The Kier molecular flexibility index (Phi) is 8.59. The number of nitrogens with zero attached hydrogens (tertiary/aromatic N) is 2. The summed E-state index contributed by atoms with van der Waals surface area (Å²) in [5.74, 6) is 1.65. The fourth-order valence-corrected chi connectivity index (χ4v) is 5.20. The third-order valence-electron chi connectivity index (χ3n) is 7.24. The second-order valence-corrected chi connectivity index (χ2v) is 9.99. The molecule has 0 radical (unpaired) electrons. The Balaban J connectivity index is 1.20. The van der Waals surface area contributed by atoms with Crippen molar-refractivity contribution in [3.63, 3.8) is 0 Å². The van der Waals surface area contributed by atoms with Gasteiger partial charge >= 0.3 is 0 Å². The normalized spacial score (nSPS) is 17.6. The summed E-state index contributed by atoms with van der Waals surface area (Å²) in [6, 6.07) is 10.6. The highest BCUT2D eigenvalue weighted by atomic mass is 35.5. The van der Waals surface area contributed by atoms with E-state index in [0.717, 1.165) is 64.2 Å². The van der Waals surface area contributed by atoms with Crippen LogP contribution in [0.15, 0.2) is 36.4 Å². The van der Waals surface area contributed by atoms with Crippen molar-refractivity contribution in [1.82, 2.24) is 15.1 Å². The van der Waals surface area contributed by atoms with Gasteiger partial charge in [0.25, 0.3) is 11.8 Å². The Morgan fingerprint density at radius 2 is 1.67 bits per heavy atom. The van der Waals surface area contributed by atoms with Crippen LogP contribution < -0.4 is 20.5 Å². The number of hydrogen-bond acceptors (Lipinski definition) is 6. The van der Waals surface area contributed by atoms with Gasteiger partial charge in [0.2, 0.25) is 0 Å². The van der Waals surface area contributed by atoms with E-state index in [-0.39, 0.29) is 17.9 Å². The molecule has 2 aromatic rings. The number of nitrogen functional groups attached to an aromatic ring is 1. The third kappa shape index (κ3) is 6.23. The fraction of sp³-hybridized carbons (Fsp3) is 0.481. The Morgan fingerprint density at radius 1 is 1.00 bits per heavy atom. The number of carbonyl (C=O) groups excluding carboxylic acids is 2. The number of ether oxygens (including phenoxy) is 2. The average molecular weight is 515 g/mol. The molecule has 2 aliphatic heterocycles. The number of halogens is 1. The molecule has 3 N–H and O–H groups in total. The van der Waals surface area contributed by atoms with Crippen molar-refractivity contribution in [2.75, 3.05) is 52.7 Å². The minimum Gasteiger partial charge on any atom is -0.497 e. The highest BCUT2D eigenvalue weighted by Gasteiger charge is 2.28. The SMILES string of the molecule is COc1ccc(C(=O)N2CCC(CN3CCC(NC(=O)c4cc(Cl)c(N)cc4OC)CC3)CC2)cc1. The molecule has 2 fully saturated rings. The van der Waals surface area contributed by atoms with Crippen molar-refractivity contribution in [2.24, 2.45) is 5.92 Å². The van der Waals surface area contributed by atoms with Gasteiger partial charge in [-0.2, -0.15) is 0 Å². The van der Waals surface area contributed by atoms with Gasteiger partial charge in [-0.05, 0) is 61.9 Å². The van der Waals surface area contributed by atoms with E-state index < -0.39 is 0 Å². The van der Waals surface area contributed by atoms with E-state index in [1.165, 1.54) is 7.11 Å². The van der Waals surface area contributed by atoms with E-state index in [0.29, 0.717) is 33.5 Å². The zero-order valence-corrected chi connectivity index (χ0v) is 21.7. The van der Waals surface area contributed by atoms with Crippen molar-refractivity contribution in [1.29, 1.82) is 0 Å². The van der Waals surface area contributed by atoms with Gasteiger partial charge < -0.3 is 30.3 Å². The standard InChI is InChI=1S/C27H35ClN4O4/c1-35-21-5-3-19(4-6-21)27(34)32-13-7-18(8-14-32)17-31-11-9-20(10-12-31)30-26(33)22-15-23(28)24(29)16-25(22)36-2/h3-6,15-16,18,20H,7-14,17,29H2,1-2H3,(H,30,33). The van der Waals surface area contributed by atoms with Gasteiger partial charge in [-0.25, -0.2) is 0 Å². The first-order chi connectivity index (χ1) is 17.4. The van der Waals surface area contributed by atoms with Crippen LogP contribution in [0.5, 0.6) is 11.5 Å². The molecule has 0 aliphatic carbocycles. The molecule has 2 amide bonds. The van der Waals surface area contributed by atoms with Crippen molar-refractivity contribution in [3.05, 3.63) is 52.5 Å². The summed E-state index contributed by atoms with van der Waals surface area (Å²) in [4.78, 5) is 30.1. The molecule has 194 valence electrons. The molecule has 0 aromatic heterocycles. The minimum atomic E-state index is -0.193. The molecule has 0 bridgehead atoms. The number of carbonyl (C=O) groups is 2. The second-order valence-electron chi connectivity index (χ2n) is 9.59. The van der Waals surface area contributed by atoms with Crippen LogP contribution in [0.2, 0.25) is 5.02 Å². The quantitative estimate of drug-likeness (QED) is 0.547. The van der Waals surface area contributed by atoms with Crippen molar-refractivity contribution in [3.8, 4) is 11.5 Å². The minimum absolute atomic E-state index is 0.0895. The van der Waals surface area contributed by atoms with Crippen LogP contribution in [0.4, 0.5) is 5.69 Å². The number of benzene rings is 2. The van der Waals surface area contributed by atoms with Gasteiger partial charge in [0.1, 0.15) is 11.5 Å². The highest BCUT2D eigenvalue weighted by Crippen LogP contribution is 2.29. The average Bonchev–Trinajstić information content (AvgIpc) is 2.91. The number of piperidine rings is 2. The van der Waals surface area contributed by atoms with Gasteiger partial charge in [0.05, 0.1) is 30.5 Å². The molecule has 9 heteroatoms. The predicted molar refractivity (Wildman–Crippen MR) is 141 cm³/mol. The molecular formula is C27H35ClN4O4. The van der Waals surface area contributed by atoms with Crippen molar-refractivity contribution in [2.45, 2.75) is 31.7 Å². The molecule has 8 nitrogen and oxygen atoms in total. The van der Waals surface area contributed by atoms with E-state index in [1.54, 1.807) is 19.2 Å². The van der Waals surface area contributed by atoms with E-state index >= 15 is 0 Å². The van der Waals surface area contributed by atoms with Gasteiger partial charge in [-0.15, -0.1) is 0 Å². The van der Waals surface area contributed by atoms with Crippen LogP contribution >= 0.6 is 11.6 Å². The van der Waals surface area contributed by atoms with Crippen LogP contribution in [-0.4, -0.2) is 74.6 Å². The summed E-state index contributed by atoms with van der Waals surface area (Å²) < 4.78 is 10.5. The highest BCUT2D eigenvalue weighted by molar-refractivity contribution is 6.33. The Bertz CT molecular complexity index is 1060. The van der Waals surface area contributed by atoms with E-state index in [2.05, 4.69) is 10.2 Å². The van der Waals surface area contributed by atoms with Gasteiger partial charge in [-0.1, -0.05) is 11.6 Å². The number of anilines is 1. The number of methoxy groups -OCH3 is 2. The number of hydrogen-bond donors (Lipinski definition) is 2. The third-order valence-corrected chi connectivity index (χ3v) is 7.57. The summed E-state index contributed by atoms with van der Waals surface area (Å²) in [6.07, 6.45) is 3.81. The molecule has 0 atom stereocenters. The van der Waals surface area contributed by atoms with E-state index in [9.17, 15) is 9.59 Å². The largest absolute Gasteiger partial charge is 0.497 e. The maximum Gasteiger partial charge on any atom is 0.255 e. The smallest absolute Gasteiger partial charge is 0.255 e. The maximum absolute atomic E-state index is 12.8. The van der Waals surface area contributed by atoms with Gasteiger partial charge in [-0.3, -0.25) is 9.59 Å². The lowest BCUT2D eigenvalue weighted by molar-refractivity contribution is 0.0651. The van der Waals surface area contributed by atoms with Crippen LogP contribution in [0.1, 0.15) is 46.4 Å². The zero-order valence-electron chi connectivity index (χ0n) is 21.0. The molecule has 0 saturated carbocycles. The first kappa shape index (κ1) is 26.1. The lowest BCUT2D eigenvalue weighted by Gasteiger charge is -2.38. The summed E-state index contributed by atoms with van der Waals surface area (Å²) in [6.45, 7) is 4.49. The maximum atomic E-state index is 12.8. The number of amides is 2. The monoisotopic (exact) mass is 514 g/mol. The molecule has 2 saturated heterocycles. The molecule has 36 heavy (non-hydrogen) atoms. The number of nitrogens with two attached hydrogens (primary N) is 1. The Morgan fingerprint density at radius 3 is 2.28 bits per heavy atom. The molecule has 0 spiro atoms. The molecule has 2 heterocycles. The van der Waals surface area contributed by atoms with Gasteiger partial charge in [0.15, 0.2) is 0 Å². The fourth-order valence-electron chi connectivity index (χ4n) is 5.04. The topological polar surface area (TPSA) is 97.1 Å². The van der Waals surface area contributed by atoms with E-state index in [4.69, 9.17) is 26.8 Å². The number of rotatable bonds is 7. The summed E-state index contributed by atoms with van der Waals surface area (Å²) in [5, 5.41) is 3.46. The lowest BCUT2D eigenvalue weighted by Crippen LogP contribution is -2.47. The molecule has 4 rings (SSSR count). The van der Waals surface area contributed by atoms with Gasteiger partial charge in [0, 0.05) is 50.4 Å². The predicted octanol–water partition coefficient (Wildman–Crippen LogP) is 3.69. The van der Waals surface area contributed by atoms with Crippen LogP contribution in [0, 0.1) is 5.92 Å². The molecule has 0 unspecified atom stereocenters. The van der Waals surface area contributed by atoms with Crippen molar-refractivity contribution >= 4 is 29.1 Å². The van der Waals surface area contributed by atoms with Crippen LogP contribution in [-0.2, 0) is 0 Å². The Labute approximate surface area is 217 Å². The second kappa shape index (κ2) is 11.8. The van der Waals surface area contributed by atoms with Crippen LogP contribution in [0.3, 0.4) is 0 Å². The molecule has 2 aromatic carbocycles. The summed E-state index contributed by atoms with van der Waals surface area (Å²) in [7, 11) is 3.13. The number of likely N-dealkylation sites (tertiary alicyclic amines) is 2. The first-order valence-electron chi connectivity index (χ1n) is 12.5. The van der Waals surface area contributed by atoms with Crippen LogP contribution in [0.25, 0.3) is 0 Å². The summed E-state index contributed by atoms with van der Waals surface area (Å²) in [5.41, 5.74) is 7.32. The number of nitrogens with one attached hydrogen (secondary N) is 1. The molecular weight excluding hydrogens is 480 g/mol. The Hall–Kier alpha value is -2.97. The summed E-state index contributed by atoms with van der Waals surface area (Å²) >= 11 is 6.12. The molecule has 2 aliphatic rings. The first-order valence-corrected chi connectivity index (χ1v) is 12.8. The van der Waals surface area contributed by atoms with Crippen molar-refractivity contribution < 1.29 is 19.1 Å². The zero-order chi connectivity index (χ0) is 25.7. The van der Waals surface area contributed by atoms with E-state index in [1.807, 2.05) is 29.2 Å².